The first-order valence-electron chi connectivity index (χ1n) is 6.49. The Balaban J connectivity index is 2.21. The molecular weight excluding hydrogens is 299 g/mol. The summed E-state index contributed by atoms with van der Waals surface area (Å²) in [6.45, 7) is 0. The van der Waals surface area contributed by atoms with E-state index in [1.54, 1.807) is 28.6 Å². The molecule has 2 aromatic carbocycles. The van der Waals surface area contributed by atoms with E-state index < -0.39 is 0 Å². The van der Waals surface area contributed by atoms with Crippen molar-refractivity contribution in [1.82, 2.24) is 15.0 Å². The summed E-state index contributed by atoms with van der Waals surface area (Å²) < 4.78 is 15.1. The zero-order chi connectivity index (χ0) is 15.5. The van der Waals surface area contributed by atoms with Crippen LogP contribution in [0.4, 0.5) is 4.39 Å². The SMILES string of the molecule is CSc1cccc(-n2nnc(C#N)c2-c2cccc(F)c2)c1. The van der Waals surface area contributed by atoms with Gasteiger partial charge >= 0.3 is 0 Å². The van der Waals surface area contributed by atoms with Gasteiger partial charge in [-0.1, -0.05) is 23.4 Å². The van der Waals surface area contributed by atoms with Crippen molar-refractivity contribution in [3.05, 3.63) is 60.0 Å². The molecule has 0 aliphatic heterocycles. The first-order chi connectivity index (χ1) is 10.7. The Morgan fingerprint density at radius 1 is 1.18 bits per heavy atom. The predicted molar refractivity (Wildman–Crippen MR) is 83.2 cm³/mol. The van der Waals surface area contributed by atoms with E-state index in [0.717, 1.165) is 10.6 Å². The van der Waals surface area contributed by atoms with Crippen molar-refractivity contribution in [2.75, 3.05) is 6.26 Å². The van der Waals surface area contributed by atoms with E-state index in [2.05, 4.69) is 10.3 Å². The normalized spacial score (nSPS) is 10.4. The predicted octanol–water partition coefficient (Wildman–Crippen LogP) is 3.67. The van der Waals surface area contributed by atoms with Crippen LogP contribution in [-0.4, -0.2) is 21.2 Å². The van der Waals surface area contributed by atoms with Crippen LogP contribution in [0.3, 0.4) is 0 Å². The zero-order valence-electron chi connectivity index (χ0n) is 11.7. The molecule has 4 nitrogen and oxygen atoms in total. The average Bonchev–Trinajstić information content (AvgIpc) is 2.99. The number of nitrogens with zero attached hydrogens (tertiary/aromatic N) is 4. The molecule has 3 rings (SSSR count). The van der Waals surface area contributed by atoms with Crippen molar-refractivity contribution in [3.8, 4) is 23.0 Å². The van der Waals surface area contributed by atoms with Gasteiger partial charge in [-0.15, -0.1) is 16.9 Å². The number of nitriles is 1. The standard InChI is InChI=1S/C16H11FN4S/c1-22-14-7-3-6-13(9-14)21-16(15(10-18)19-20-21)11-4-2-5-12(17)8-11/h2-9H,1H3. The summed E-state index contributed by atoms with van der Waals surface area (Å²) in [5.41, 5.74) is 2.00. The van der Waals surface area contributed by atoms with Crippen LogP contribution < -0.4 is 0 Å². The van der Waals surface area contributed by atoms with Crippen molar-refractivity contribution >= 4 is 11.8 Å². The van der Waals surface area contributed by atoms with Gasteiger partial charge in [0, 0.05) is 10.5 Å². The molecule has 22 heavy (non-hydrogen) atoms. The highest BCUT2D eigenvalue weighted by Gasteiger charge is 2.16. The van der Waals surface area contributed by atoms with Gasteiger partial charge in [0.15, 0.2) is 5.69 Å². The largest absolute Gasteiger partial charge is 0.211 e. The van der Waals surface area contributed by atoms with Crippen molar-refractivity contribution in [1.29, 1.82) is 5.26 Å². The summed E-state index contributed by atoms with van der Waals surface area (Å²) in [4.78, 5) is 1.07. The maximum Gasteiger partial charge on any atom is 0.191 e. The molecule has 0 atom stereocenters. The van der Waals surface area contributed by atoms with Crippen LogP contribution in [0.1, 0.15) is 5.69 Å². The van der Waals surface area contributed by atoms with Crippen LogP contribution >= 0.6 is 11.8 Å². The fraction of sp³-hybridized carbons (Fsp3) is 0.0625. The second-order valence-corrected chi connectivity index (χ2v) is 5.40. The van der Waals surface area contributed by atoms with Crippen LogP contribution in [0, 0.1) is 17.1 Å². The first kappa shape index (κ1) is 14.3. The molecule has 0 aliphatic rings. The molecule has 0 aliphatic carbocycles. The number of hydrogen-bond donors (Lipinski definition) is 0. The van der Waals surface area contributed by atoms with Crippen molar-refractivity contribution < 1.29 is 4.39 Å². The molecule has 3 aromatic rings. The Morgan fingerprint density at radius 3 is 2.73 bits per heavy atom. The number of hydrogen-bond acceptors (Lipinski definition) is 4. The molecule has 0 amide bonds. The third-order valence-corrected chi connectivity index (χ3v) is 3.90. The van der Waals surface area contributed by atoms with Crippen molar-refractivity contribution in [2.45, 2.75) is 4.90 Å². The molecular formula is C16H11FN4S. The van der Waals surface area contributed by atoms with E-state index in [9.17, 15) is 9.65 Å². The Hall–Kier alpha value is -2.65. The van der Waals surface area contributed by atoms with E-state index in [4.69, 9.17) is 0 Å². The monoisotopic (exact) mass is 310 g/mol. The summed E-state index contributed by atoms with van der Waals surface area (Å²) in [6, 6.07) is 15.8. The van der Waals surface area contributed by atoms with E-state index >= 15 is 0 Å². The van der Waals surface area contributed by atoms with E-state index in [-0.39, 0.29) is 11.5 Å². The fourth-order valence-electron chi connectivity index (χ4n) is 2.17. The van der Waals surface area contributed by atoms with Gasteiger partial charge in [0.2, 0.25) is 0 Å². The average molecular weight is 310 g/mol. The lowest BCUT2D eigenvalue weighted by atomic mass is 10.1. The van der Waals surface area contributed by atoms with E-state index in [1.165, 1.54) is 12.1 Å². The molecule has 1 aromatic heterocycles. The second-order valence-electron chi connectivity index (χ2n) is 4.52. The van der Waals surface area contributed by atoms with Gasteiger partial charge in [-0.25, -0.2) is 9.07 Å². The van der Waals surface area contributed by atoms with Gasteiger partial charge in [-0.3, -0.25) is 0 Å². The molecule has 0 N–H and O–H groups in total. The highest BCUT2D eigenvalue weighted by atomic mass is 32.2. The molecule has 0 radical (unpaired) electrons. The van der Waals surface area contributed by atoms with Crippen LogP contribution in [0.15, 0.2) is 53.4 Å². The van der Waals surface area contributed by atoms with Gasteiger partial charge < -0.3 is 0 Å². The second kappa shape index (κ2) is 6.00. The Morgan fingerprint density at radius 2 is 2.00 bits per heavy atom. The molecule has 108 valence electrons. The summed E-state index contributed by atoms with van der Waals surface area (Å²) in [6.07, 6.45) is 1.98. The summed E-state index contributed by atoms with van der Waals surface area (Å²) in [5.74, 6) is -0.369. The molecule has 0 bridgehead atoms. The maximum atomic E-state index is 13.5. The van der Waals surface area contributed by atoms with Crippen molar-refractivity contribution in [3.63, 3.8) is 0 Å². The number of rotatable bonds is 3. The quantitative estimate of drug-likeness (QED) is 0.693. The van der Waals surface area contributed by atoms with Gasteiger partial charge in [-0.05, 0) is 36.6 Å². The molecule has 0 fully saturated rings. The topological polar surface area (TPSA) is 54.5 Å². The van der Waals surface area contributed by atoms with E-state index in [1.807, 2.05) is 36.6 Å². The minimum Gasteiger partial charge on any atom is -0.211 e. The number of thioether (sulfide) groups is 1. The molecule has 6 heteroatoms. The Labute approximate surface area is 131 Å². The fourth-order valence-corrected chi connectivity index (χ4v) is 2.63. The lowest BCUT2D eigenvalue weighted by Gasteiger charge is -2.08. The minimum absolute atomic E-state index is 0.167. The molecule has 0 unspecified atom stereocenters. The molecule has 0 spiro atoms. The lowest BCUT2D eigenvalue weighted by molar-refractivity contribution is 0.628. The van der Waals surface area contributed by atoms with Crippen LogP contribution in [0.5, 0.6) is 0 Å². The smallest absolute Gasteiger partial charge is 0.191 e. The minimum atomic E-state index is -0.369. The number of halogens is 1. The number of aromatic nitrogens is 3. The van der Waals surface area contributed by atoms with Crippen LogP contribution in [-0.2, 0) is 0 Å². The Kier molecular flexibility index (Phi) is 3.90. The third kappa shape index (κ3) is 2.59. The number of benzene rings is 2. The highest BCUT2D eigenvalue weighted by molar-refractivity contribution is 7.98. The zero-order valence-corrected chi connectivity index (χ0v) is 12.5. The summed E-state index contributed by atoms with van der Waals surface area (Å²) in [5, 5.41) is 17.2. The summed E-state index contributed by atoms with van der Waals surface area (Å²) >= 11 is 1.61. The van der Waals surface area contributed by atoms with Crippen molar-refractivity contribution in [2.24, 2.45) is 0 Å². The third-order valence-electron chi connectivity index (χ3n) is 3.17. The van der Waals surface area contributed by atoms with E-state index in [0.29, 0.717) is 11.3 Å². The molecule has 0 saturated carbocycles. The highest BCUT2D eigenvalue weighted by Crippen LogP contribution is 2.27. The Bertz CT molecular complexity index is 867. The summed E-state index contributed by atoms with van der Waals surface area (Å²) in [7, 11) is 0. The lowest BCUT2D eigenvalue weighted by Crippen LogP contribution is -2.00. The van der Waals surface area contributed by atoms with Gasteiger partial charge in [0.05, 0.1) is 5.69 Å². The molecule has 1 heterocycles. The van der Waals surface area contributed by atoms with Crippen LogP contribution in [0.2, 0.25) is 0 Å². The maximum absolute atomic E-state index is 13.5. The van der Waals surface area contributed by atoms with Gasteiger partial charge in [0.1, 0.15) is 17.6 Å². The van der Waals surface area contributed by atoms with Crippen LogP contribution in [0.25, 0.3) is 16.9 Å². The van der Waals surface area contributed by atoms with Gasteiger partial charge in [0.25, 0.3) is 0 Å². The molecule has 0 saturated heterocycles. The van der Waals surface area contributed by atoms with Gasteiger partial charge in [-0.2, -0.15) is 5.26 Å². The first-order valence-corrected chi connectivity index (χ1v) is 7.71.